The molecule has 32 heavy (non-hydrogen) atoms. The number of nitriles is 1. The number of hydrogen-bond acceptors (Lipinski definition) is 4. The summed E-state index contributed by atoms with van der Waals surface area (Å²) in [5.41, 5.74) is 3.82. The van der Waals surface area contributed by atoms with Crippen molar-refractivity contribution in [1.29, 1.82) is 5.26 Å². The van der Waals surface area contributed by atoms with Crippen LogP contribution in [-0.2, 0) is 9.53 Å². The van der Waals surface area contributed by atoms with Crippen LogP contribution in [0, 0.1) is 11.3 Å². The van der Waals surface area contributed by atoms with E-state index in [1.807, 2.05) is 89.8 Å². The van der Waals surface area contributed by atoms with E-state index in [0.717, 1.165) is 42.9 Å². The van der Waals surface area contributed by atoms with Gasteiger partial charge in [-0.2, -0.15) is 5.26 Å². The number of hydrogen-bond donors (Lipinski definition) is 0. The molecule has 0 saturated carbocycles. The summed E-state index contributed by atoms with van der Waals surface area (Å²) in [5.74, 6) is 0.0172. The summed E-state index contributed by atoms with van der Waals surface area (Å²) in [6.07, 6.45) is 0.621. The van der Waals surface area contributed by atoms with Crippen molar-refractivity contribution < 1.29 is 9.53 Å². The highest BCUT2D eigenvalue weighted by Crippen LogP contribution is 2.26. The Kier molecular flexibility index (Phi) is 7.16. The summed E-state index contributed by atoms with van der Waals surface area (Å²) < 4.78 is 6.17. The fourth-order valence-electron chi connectivity index (χ4n) is 4.06. The average molecular weight is 426 g/mol. The van der Waals surface area contributed by atoms with Gasteiger partial charge in [0.05, 0.1) is 11.6 Å². The van der Waals surface area contributed by atoms with Gasteiger partial charge in [-0.1, -0.05) is 60.7 Å². The van der Waals surface area contributed by atoms with Crippen LogP contribution in [0.3, 0.4) is 0 Å². The summed E-state index contributed by atoms with van der Waals surface area (Å²) in [5, 5.41) is 9.00. The van der Waals surface area contributed by atoms with Gasteiger partial charge in [-0.25, -0.2) is 0 Å². The minimum absolute atomic E-state index is 0.0172. The van der Waals surface area contributed by atoms with Crippen LogP contribution in [-0.4, -0.2) is 43.6 Å². The van der Waals surface area contributed by atoms with Gasteiger partial charge in [0.2, 0.25) is 5.91 Å². The Balaban J connectivity index is 1.38. The van der Waals surface area contributed by atoms with Crippen molar-refractivity contribution in [3.05, 3.63) is 102 Å². The third-order valence-corrected chi connectivity index (χ3v) is 5.79. The summed E-state index contributed by atoms with van der Waals surface area (Å²) in [6.45, 7) is 3.07. The lowest BCUT2D eigenvalue weighted by molar-refractivity contribution is -0.137. The van der Waals surface area contributed by atoms with Crippen LogP contribution < -0.4 is 4.90 Å². The Labute approximate surface area is 189 Å². The van der Waals surface area contributed by atoms with Gasteiger partial charge in [0.15, 0.2) is 0 Å². The van der Waals surface area contributed by atoms with Crippen LogP contribution in [0.25, 0.3) is 0 Å². The molecule has 1 heterocycles. The van der Waals surface area contributed by atoms with Gasteiger partial charge in [-0.15, -0.1) is 0 Å². The number of nitrogens with zero attached hydrogens (tertiary/aromatic N) is 3. The van der Waals surface area contributed by atoms with Gasteiger partial charge in [-0.3, -0.25) is 4.79 Å². The van der Waals surface area contributed by atoms with E-state index in [1.54, 1.807) is 0 Å². The molecule has 0 radical (unpaired) electrons. The zero-order chi connectivity index (χ0) is 22.2. The molecule has 4 rings (SSSR count). The van der Waals surface area contributed by atoms with Gasteiger partial charge in [0.25, 0.3) is 0 Å². The topological polar surface area (TPSA) is 56.6 Å². The Morgan fingerprint density at radius 2 is 1.47 bits per heavy atom. The van der Waals surface area contributed by atoms with Crippen molar-refractivity contribution in [2.45, 2.75) is 12.5 Å². The number of carbonyl (C=O) groups excluding carboxylic acids is 1. The Morgan fingerprint density at radius 1 is 0.844 bits per heavy atom. The van der Waals surface area contributed by atoms with Crippen LogP contribution in [0.4, 0.5) is 5.69 Å². The Hall–Kier alpha value is -3.62. The van der Waals surface area contributed by atoms with Gasteiger partial charge >= 0.3 is 0 Å². The molecule has 5 nitrogen and oxygen atoms in total. The zero-order valence-corrected chi connectivity index (χ0v) is 18.1. The van der Waals surface area contributed by atoms with E-state index in [2.05, 4.69) is 11.0 Å². The predicted molar refractivity (Wildman–Crippen MR) is 125 cm³/mol. The molecule has 1 amide bonds. The number of anilines is 1. The first-order valence-corrected chi connectivity index (χ1v) is 11.0. The molecule has 0 atom stereocenters. The minimum atomic E-state index is -0.275. The third kappa shape index (κ3) is 5.35. The van der Waals surface area contributed by atoms with Gasteiger partial charge < -0.3 is 14.5 Å². The second-order valence-electron chi connectivity index (χ2n) is 7.89. The molecule has 0 unspecified atom stereocenters. The highest BCUT2D eigenvalue weighted by atomic mass is 16.5. The van der Waals surface area contributed by atoms with Crippen molar-refractivity contribution in [3.63, 3.8) is 0 Å². The first-order valence-electron chi connectivity index (χ1n) is 11.0. The third-order valence-electron chi connectivity index (χ3n) is 5.79. The number of rotatable bonds is 6. The number of amides is 1. The molecular formula is C27H27N3O2. The van der Waals surface area contributed by atoms with E-state index in [9.17, 15) is 4.79 Å². The Bertz CT molecular complexity index is 1010. The van der Waals surface area contributed by atoms with Gasteiger partial charge in [0.1, 0.15) is 12.7 Å². The van der Waals surface area contributed by atoms with Crippen LogP contribution in [0.1, 0.15) is 29.2 Å². The molecular weight excluding hydrogens is 398 g/mol. The van der Waals surface area contributed by atoms with E-state index in [-0.39, 0.29) is 18.6 Å². The highest BCUT2D eigenvalue weighted by molar-refractivity contribution is 5.77. The molecule has 3 aromatic rings. The standard InChI is InChI=1S/C27H27N3O2/c28-20-22-12-14-25(15-13-22)29-16-7-17-30(19-18-29)26(31)21-32-27(23-8-3-1-4-9-23)24-10-5-2-6-11-24/h1-6,8-15,27H,7,16-19,21H2. The molecule has 1 aliphatic rings. The van der Waals surface area contributed by atoms with Gasteiger partial charge in [-0.05, 0) is 41.8 Å². The molecule has 1 fully saturated rings. The molecule has 0 spiro atoms. The van der Waals surface area contributed by atoms with E-state index in [4.69, 9.17) is 10.00 Å². The van der Waals surface area contributed by atoms with Crippen LogP contribution in [0.5, 0.6) is 0 Å². The van der Waals surface area contributed by atoms with E-state index < -0.39 is 0 Å². The first-order chi connectivity index (χ1) is 15.7. The Morgan fingerprint density at radius 3 is 2.06 bits per heavy atom. The second-order valence-corrected chi connectivity index (χ2v) is 7.89. The lowest BCUT2D eigenvalue weighted by Gasteiger charge is -2.25. The average Bonchev–Trinajstić information content (AvgIpc) is 3.12. The zero-order valence-electron chi connectivity index (χ0n) is 18.1. The second kappa shape index (κ2) is 10.6. The van der Waals surface area contributed by atoms with E-state index >= 15 is 0 Å². The molecule has 1 saturated heterocycles. The van der Waals surface area contributed by atoms with E-state index in [0.29, 0.717) is 12.1 Å². The largest absolute Gasteiger partial charge is 0.370 e. The van der Waals surface area contributed by atoms with Crippen LogP contribution in [0.15, 0.2) is 84.9 Å². The fraction of sp³-hybridized carbons (Fsp3) is 0.259. The molecule has 3 aromatic carbocycles. The number of carbonyl (C=O) groups is 1. The summed E-state index contributed by atoms with van der Waals surface area (Å²) in [7, 11) is 0. The molecule has 162 valence electrons. The summed E-state index contributed by atoms with van der Waals surface area (Å²) in [6, 6.07) is 29.8. The highest BCUT2D eigenvalue weighted by Gasteiger charge is 2.22. The predicted octanol–water partition coefficient (Wildman–Crippen LogP) is 4.40. The van der Waals surface area contributed by atoms with Crippen LogP contribution >= 0.6 is 0 Å². The molecule has 0 aromatic heterocycles. The molecule has 5 heteroatoms. The lowest BCUT2D eigenvalue weighted by Crippen LogP contribution is -2.37. The molecule has 0 N–H and O–H groups in total. The molecule has 0 bridgehead atoms. The monoisotopic (exact) mass is 425 g/mol. The molecule has 1 aliphatic heterocycles. The van der Waals surface area contributed by atoms with Crippen molar-refractivity contribution in [2.75, 3.05) is 37.7 Å². The fourth-order valence-corrected chi connectivity index (χ4v) is 4.06. The van der Waals surface area contributed by atoms with Crippen LogP contribution in [0.2, 0.25) is 0 Å². The quantitative estimate of drug-likeness (QED) is 0.587. The lowest BCUT2D eigenvalue weighted by atomic mass is 10.0. The van der Waals surface area contributed by atoms with Crippen molar-refractivity contribution in [1.82, 2.24) is 4.90 Å². The number of benzene rings is 3. The number of ether oxygens (including phenoxy) is 1. The maximum Gasteiger partial charge on any atom is 0.248 e. The maximum atomic E-state index is 13.0. The minimum Gasteiger partial charge on any atom is -0.370 e. The van der Waals surface area contributed by atoms with Crippen molar-refractivity contribution in [3.8, 4) is 6.07 Å². The summed E-state index contributed by atoms with van der Waals surface area (Å²) in [4.78, 5) is 17.2. The normalized spacial score (nSPS) is 14.1. The first kappa shape index (κ1) is 21.6. The summed E-state index contributed by atoms with van der Waals surface area (Å²) >= 11 is 0. The SMILES string of the molecule is N#Cc1ccc(N2CCCN(C(=O)COC(c3ccccc3)c3ccccc3)CC2)cc1. The van der Waals surface area contributed by atoms with E-state index in [1.165, 1.54) is 0 Å². The molecule has 0 aliphatic carbocycles. The van der Waals surface area contributed by atoms with Crippen molar-refractivity contribution in [2.24, 2.45) is 0 Å². The van der Waals surface area contributed by atoms with Gasteiger partial charge in [0, 0.05) is 31.9 Å². The maximum absolute atomic E-state index is 13.0. The smallest absolute Gasteiger partial charge is 0.248 e. The van der Waals surface area contributed by atoms with Crippen molar-refractivity contribution >= 4 is 11.6 Å².